The molecule has 0 radical (unpaired) electrons. The van der Waals surface area contributed by atoms with Crippen LogP contribution in [0.5, 0.6) is 5.75 Å². The van der Waals surface area contributed by atoms with Gasteiger partial charge in [0.15, 0.2) is 0 Å². The van der Waals surface area contributed by atoms with Crippen LogP contribution in [-0.2, 0) is 0 Å². The van der Waals surface area contributed by atoms with E-state index in [0.29, 0.717) is 17.6 Å². The molecule has 4 atom stereocenters. The molecule has 0 aromatic carbocycles. The van der Waals surface area contributed by atoms with Crippen molar-refractivity contribution in [2.75, 3.05) is 13.1 Å². The molecule has 0 unspecified atom stereocenters. The Kier molecular flexibility index (Phi) is 3.58. The number of aliphatic hydroxyl groups excluding tert-OH is 1. The molecule has 0 amide bonds. The van der Waals surface area contributed by atoms with Crippen LogP contribution in [0.25, 0.3) is 0 Å². The fourth-order valence-electron chi connectivity index (χ4n) is 3.16. The smallest absolute Gasteiger partial charge is 0.337 e. The molecule has 1 aromatic rings. The van der Waals surface area contributed by atoms with E-state index < -0.39 is 12.1 Å². The Morgan fingerprint density at radius 1 is 1.30 bits per heavy atom. The van der Waals surface area contributed by atoms with E-state index in [4.69, 9.17) is 9.84 Å². The van der Waals surface area contributed by atoms with E-state index in [1.54, 1.807) is 0 Å². The van der Waals surface area contributed by atoms with Crippen molar-refractivity contribution in [2.24, 2.45) is 11.8 Å². The molecule has 6 nitrogen and oxygen atoms in total. The van der Waals surface area contributed by atoms with Gasteiger partial charge >= 0.3 is 5.97 Å². The largest absolute Gasteiger partial charge is 0.486 e. The lowest BCUT2D eigenvalue weighted by molar-refractivity contribution is -0.0233. The van der Waals surface area contributed by atoms with Crippen LogP contribution in [0.2, 0.25) is 0 Å². The number of carboxylic acids is 1. The lowest BCUT2D eigenvalue weighted by Crippen LogP contribution is -2.42. The predicted molar refractivity (Wildman–Crippen MR) is 70.7 cm³/mol. The predicted octanol–water partition coefficient (Wildman–Crippen LogP) is 0.517. The van der Waals surface area contributed by atoms with Gasteiger partial charge in [-0.05, 0) is 43.8 Å². The molecule has 3 rings (SSSR count). The van der Waals surface area contributed by atoms with Crippen LogP contribution in [0, 0.1) is 11.8 Å². The normalized spacial score (nSPS) is 32.6. The summed E-state index contributed by atoms with van der Waals surface area (Å²) in [4.78, 5) is 14.8. The first-order chi connectivity index (χ1) is 9.63. The maximum Gasteiger partial charge on any atom is 0.337 e. The monoisotopic (exact) mass is 278 g/mol. The SMILES string of the molecule is O=C(O)c1cncc(O[C@@H]2C[C@@H]3CNC[C@@H]3C[C@H]2O)c1. The highest BCUT2D eigenvalue weighted by molar-refractivity contribution is 5.87. The molecule has 2 fully saturated rings. The highest BCUT2D eigenvalue weighted by atomic mass is 16.5. The van der Waals surface area contributed by atoms with E-state index in [-0.39, 0.29) is 11.7 Å². The van der Waals surface area contributed by atoms with Gasteiger partial charge in [-0.25, -0.2) is 4.79 Å². The second-order valence-electron chi connectivity index (χ2n) is 5.59. The molecule has 0 spiro atoms. The molecule has 2 heterocycles. The summed E-state index contributed by atoms with van der Waals surface area (Å²) in [6, 6.07) is 1.45. The molecule has 1 aromatic heterocycles. The number of aromatic nitrogens is 1. The van der Waals surface area contributed by atoms with Gasteiger partial charge in [0.2, 0.25) is 0 Å². The van der Waals surface area contributed by atoms with E-state index >= 15 is 0 Å². The minimum absolute atomic E-state index is 0.0909. The molecule has 3 N–H and O–H groups in total. The third-order valence-corrected chi connectivity index (χ3v) is 4.24. The number of aliphatic hydroxyl groups is 1. The first kappa shape index (κ1) is 13.3. The highest BCUT2D eigenvalue weighted by Gasteiger charge is 2.39. The topological polar surface area (TPSA) is 91.7 Å². The number of ether oxygens (including phenoxy) is 1. The Hall–Kier alpha value is -1.66. The molecular formula is C14H18N2O4. The number of carboxylic acid groups (broad SMARTS) is 1. The number of nitrogens with zero attached hydrogens (tertiary/aromatic N) is 1. The van der Waals surface area contributed by atoms with Crippen LogP contribution in [0.1, 0.15) is 23.2 Å². The fourth-order valence-corrected chi connectivity index (χ4v) is 3.16. The first-order valence-electron chi connectivity index (χ1n) is 6.87. The van der Waals surface area contributed by atoms with E-state index in [9.17, 15) is 9.90 Å². The quantitative estimate of drug-likeness (QED) is 0.746. The average Bonchev–Trinajstić information content (AvgIpc) is 2.86. The van der Waals surface area contributed by atoms with Gasteiger partial charge in [-0.1, -0.05) is 0 Å². The van der Waals surface area contributed by atoms with Crippen LogP contribution in [0.3, 0.4) is 0 Å². The third kappa shape index (κ3) is 2.62. The van der Waals surface area contributed by atoms with Gasteiger partial charge in [-0.3, -0.25) is 4.98 Å². The van der Waals surface area contributed by atoms with Gasteiger partial charge < -0.3 is 20.3 Å². The van der Waals surface area contributed by atoms with Crippen molar-refractivity contribution in [2.45, 2.75) is 25.0 Å². The standard InChI is InChI=1S/C14H18N2O4/c17-12-2-8-4-15-5-9(8)3-13(12)20-11-1-10(14(18)19)6-16-7-11/h1,6-9,12-13,15,17H,2-5H2,(H,18,19)/t8-,9+,12+,13+/m0/s1. The van der Waals surface area contributed by atoms with Gasteiger partial charge in [0, 0.05) is 6.20 Å². The second-order valence-corrected chi connectivity index (χ2v) is 5.59. The summed E-state index contributed by atoms with van der Waals surface area (Å²) in [5, 5.41) is 22.4. The van der Waals surface area contributed by atoms with Crippen molar-refractivity contribution in [3.05, 3.63) is 24.0 Å². The van der Waals surface area contributed by atoms with Gasteiger partial charge in [0.25, 0.3) is 0 Å². The van der Waals surface area contributed by atoms with Crippen molar-refractivity contribution in [3.63, 3.8) is 0 Å². The molecule has 1 aliphatic heterocycles. The average molecular weight is 278 g/mol. The van der Waals surface area contributed by atoms with Crippen LogP contribution < -0.4 is 10.1 Å². The van der Waals surface area contributed by atoms with Crippen molar-refractivity contribution in [1.82, 2.24) is 10.3 Å². The summed E-state index contributed by atoms with van der Waals surface area (Å²) in [6.45, 7) is 1.93. The van der Waals surface area contributed by atoms with Crippen molar-refractivity contribution < 1.29 is 19.7 Å². The first-order valence-corrected chi connectivity index (χ1v) is 6.87. The van der Waals surface area contributed by atoms with Crippen LogP contribution >= 0.6 is 0 Å². The lowest BCUT2D eigenvalue weighted by Gasteiger charge is -2.35. The van der Waals surface area contributed by atoms with E-state index in [1.165, 1.54) is 18.5 Å². The molecule has 108 valence electrons. The number of nitrogens with one attached hydrogen (secondary N) is 1. The minimum Gasteiger partial charge on any atom is -0.486 e. The summed E-state index contributed by atoms with van der Waals surface area (Å²) in [5.41, 5.74) is 0.0909. The number of aromatic carboxylic acids is 1. The van der Waals surface area contributed by atoms with Gasteiger partial charge in [-0.15, -0.1) is 0 Å². The Morgan fingerprint density at radius 2 is 2.05 bits per heavy atom. The second kappa shape index (κ2) is 5.38. The Morgan fingerprint density at radius 3 is 2.80 bits per heavy atom. The number of rotatable bonds is 3. The molecular weight excluding hydrogens is 260 g/mol. The fraction of sp³-hybridized carbons (Fsp3) is 0.571. The summed E-state index contributed by atoms with van der Waals surface area (Å²) < 4.78 is 5.76. The number of hydrogen-bond donors (Lipinski definition) is 3. The van der Waals surface area contributed by atoms with E-state index in [1.807, 2.05) is 0 Å². The number of fused-ring (bicyclic) bond motifs is 1. The molecule has 20 heavy (non-hydrogen) atoms. The summed E-state index contributed by atoms with van der Waals surface area (Å²) in [6.07, 6.45) is 3.48. The van der Waals surface area contributed by atoms with Crippen LogP contribution in [0.4, 0.5) is 0 Å². The molecule has 6 heteroatoms. The van der Waals surface area contributed by atoms with Crippen molar-refractivity contribution >= 4 is 5.97 Å². The number of hydrogen-bond acceptors (Lipinski definition) is 5. The summed E-state index contributed by atoms with van der Waals surface area (Å²) in [7, 11) is 0. The number of pyridine rings is 1. The van der Waals surface area contributed by atoms with E-state index in [0.717, 1.165) is 25.9 Å². The molecule has 0 bridgehead atoms. The summed E-state index contributed by atoms with van der Waals surface area (Å²) in [5.74, 6) is 0.415. The Labute approximate surface area is 116 Å². The molecule has 1 saturated carbocycles. The van der Waals surface area contributed by atoms with Gasteiger partial charge in [0.05, 0.1) is 17.9 Å². The lowest BCUT2D eigenvalue weighted by atomic mass is 9.78. The molecule has 1 saturated heterocycles. The maximum atomic E-state index is 10.9. The van der Waals surface area contributed by atoms with Crippen LogP contribution in [-0.4, -0.2) is 46.5 Å². The zero-order chi connectivity index (χ0) is 14.1. The Balaban J connectivity index is 1.70. The maximum absolute atomic E-state index is 10.9. The Bertz CT molecular complexity index is 508. The zero-order valence-corrected chi connectivity index (χ0v) is 11.0. The van der Waals surface area contributed by atoms with Crippen molar-refractivity contribution in [1.29, 1.82) is 0 Å². The summed E-state index contributed by atoms with van der Waals surface area (Å²) >= 11 is 0. The third-order valence-electron chi connectivity index (χ3n) is 4.24. The molecule has 2 aliphatic rings. The zero-order valence-electron chi connectivity index (χ0n) is 11.0. The van der Waals surface area contributed by atoms with Gasteiger partial charge in [0.1, 0.15) is 11.9 Å². The van der Waals surface area contributed by atoms with Crippen LogP contribution in [0.15, 0.2) is 18.5 Å². The number of carbonyl (C=O) groups is 1. The minimum atomic E-state index is -1.04. The van der Waals surface area contributed by atoms with Gasteiger partial charge in [-0.2, -0.15) is 0 Å². The van der Waals surface area contributed by atoms with Crippen molar-refractivity contribution in [3.8, 4) is 5.75 Å². The molecule has 1 aliphatic carbocycles. The van der Waals surface area contributed by atoms with E-state index in [2.05, 4.69) is 10.3 Å². The highest BCUT2D eigenvalue weighted by Crippen LogP contribution is 2.34.